The van der Waals surface area contributed by atoms with Crippen LogP contribution in [0.5, 0.6) is 0 Å². The number of nitrogens with zero attached hydrogens (tertiary/aromatic N) is 2. The Hall–Kier alpha value is -6.32. The van der Waals surface area contributed by atoms with Gasteiger partial charge in [-0.3, -0.25) is 0 Å². The molecule has 0 bridgehead atoms. The van der Waals surface area contributed by atoms with Crippen LogP contribution in [0, 0.1) is 0 Å². The molecule has 0 N–H and O–H groups in total. The van der Waals surface area contributed by atoms with E-state index in [-0.39, 0.29) is 0 Å². The topological polar surface area (TPSA) is 37.9 Å². The van der Waals surface area contributed by atoms with E-state index in [0.717, 1.165) is 66.6 Å². The van der Waals surface area contributed by atoms with Crippen LogP contribution in [0.2, 0.25) is 0 Å². The molecule has 8 aromatic rings. The van der Waals surface area contributed by atoms with Gasteiger partial charge in [-0.1, -0.05) is 133 Å². The molecule has 7 aromatic carbocycles. The zero-order chi connectivity index (χ0) is 31.2. The molecule has 0 radical (unpaired) electrons. The number of hydrogen-bond acceptors (Lipinski definition) is 3. The summed E-state index contributed by atoms with van der Waals surface area (Å²) in [6, 6.07) is 52.8. The number of hydrogen-bond donors (Lipinski definition) is 0. The maximum Gasteiger partial charge on any atom is 0.161 e. The molecule has 220 valence electrons. The Bertz CT molecular complexity index is 2610. The summed E-state index contributed by atoms with van der Waals surface area (Å²) in [6.07, 6.45) is 6.22. The number of rotatable bonds is 4. The Morgan fingerprint density at radius 3 is 2.09 bits per heavy atom. The van der Waals surface area contributed by atoms with E-state index in [1.807, 2.05) is 30.3 Å². The number of aliphatic imine (C=N–C) groups is 2. The molecule has 0 unspecified atom stereocenters. The lowest BCUT2D eigenvalue weighted by atomic mass is 9.96. The van der Waals surface area contributed by atoms with Gasteiger partial charge in [0.25, 0.3) is 0 Å². The summed E-state index contributed by atoms with van der Waals surface area (Å²) >= 11 is 0. The van der Waals surface area contributed by atoms with Crippen LogP contribution in [-0.4, -0.2) is 11.5 Å². The standard InChI is InChI=1S/C44H28N2O/c1-2-14-31(15-3-1)39-21-11-22-40(36-20-10-17-30-13-6-7-18-35(30)36)46-44(45-39)38-27-34(33-25-24-29-12-4-5-16-32(29)26-33)28-42-43(38)37-19-8-9-23-41(37)47-42/h1-28H/b21-11+,22-11?,39-21?,40-22+,45-39+,45-44?,46-40?,46-44-. The van der Waals surface area contributed by atoms with Gasteiger partial charge >= 0.3 is 0 Å². The molecule has 3 nitrogen and oxygen atoms in total. The van der Waals surface area contributed by atoms with Crippen LogP contribution >= 0.6 is 0 Å². The van der Waals surface area contributed by atoms with E-state index in [9.17, 15) is 0 Å². The van der Waals surface area contributed by atoms with Crippen LogP contribution in [0.15, 0.2) is 184 Å². The van der Waals surface area contributed by atoms with Gasteiger partial charge in [0.15, 0.2) is 5.84 Å². The summed E-state index contributed by atoms with van der Waals surface area (Å²) in [5, 5.41) is 6.75. The Kier molecular flexibility index (Phi) is 6.46. The lowest BCUT2D eigenvalue weighted by Crippen LogP contribution is -2.07. The maximum atomic E-state index is 6.54. The molecule has 1 aromatic heterocycles. The monoisotopic (exact) mass is 600 g/mol. The van der Waals surface area contributed by atoms with Gasteiger partial charge < -0.3 is 4.42 Å². The van der Waals surface area contributed by atoms with E-state index in [1.54, 1.807) is 0 Å². The lowest BCUT2D eigenvalue weighted by molar-refractivity contribution is 0.669. The molecule has 1 aliphatic rings. The molecule has 0 aliphatic carbocycles. The first-order valence-electron chi connectivity index (χ1n) is 15.8. The fourth-order valence-electron chi connectivity index (χ4n) is 6.61. The van der Waals surface area contributed by atoms with Gasteiger partial charge in [0, 0.05) is 27.5 Å². The van der Waals surface area contributed by atoms with Gasteiger partial charge in [0.05, 0.1) is 11.4 Å². The Labute approximate surface area is 272 Å². The number of para-hydroxylation sites is 1. The van der Waals surface area contributed by atoms with Crippen LogP contribution in [0.4, 0.5) is 0 Å². The SMILES string of the molecule is C1=C/C(c2ccccc2)=N\C(c2cc(-c3ccc4ccccc4c3)cc3oc4ccccc4c23)=N/C(c2cccc3ccccc23)=C/1. The van der Waals surface area contributed by atoms with Crippen molar-refractivity contribution >= 4 is 60.7 Å². The van der Waals surface area contributed by atoms with E-state index < -0.39 is 0 Å². The van der Waals surface area contributed by atoms with Crippen molar-refractivity contribution in [3.05, 3.63) is 187 Å². The number of furan rings is 1. The molecule has 9 rings (SSSR count). The summed E-state index contributed by atoms with van der Waals surface area (Å²) in [5.74, 6) is 0.631. The maximum absolute atomic E-state index is 6.54. The molecule has 3 heteroatoms. The average molecular weight is 601 g/mol. The largest absolute Gasteiger partial charge is 0.456 e. The third kappa shape index (κ3) is 4.86. The first kappa shape index (κ1) is 27.0. The summed E-state index contributed by atoms with van der Waals surface area (Å²) in [6.45, 7) is 0. The molecule has 0 spiro atoms. The van der Waals surface area contributed by atoms with Crippen LogP contribution < -0.4 is 0 Å². The predicted molar refractivity (Wildman–Crippen MR) is 197 cm³/mol. The van der Waals surface area contributed by atoms with Crippen molar-refractivity contribution in [3.8, 4) is 11.1 Å². The van der Waals surface area contributed by atoms with Crippen LogP contribution in [0.3, 0.4) is 0 Å². The number of fused-ring (bicyclic) bond motifs is 5. The molecule has 1 aliphatic heterocycles. The van der Waals surface area contributed by atoms with Crippen LogP contribution in [-0.2, 0) is 0 Å². The van der Waals surface area contributed by atoms with Gasteiger partial charge in [-0.05, 0) is 69.1 Å². The quantitative estimate of drug-likeness (QED) is 0.198. The van der Waals surface area contributed by atoms with Gasteiger partial charge in [0.1, 0.15) is 11.2 Å². The molecule has 47 heavy (non-hydrogen) atoms. The molecule has 0 amide bonds. The summed E-state index contributed by atoms with van der Waals surface area (Å²) in [7, 11) is 0. The fourth-order valence-corrected chi connectivity index (χ4v) is 6.61. The summed E-state index contributed by atoms with van der Waals surface area (Å²) < 4.78 is 6.54. The van der Waals surface area contributed by atoms with E-state index in [0.29, 0.717) is 5.84 Å². The minimum Gasteiger partial charge on any atom is -0.456 e. The zero-order valence-corrected chi connectivity index (χ0v) is 25.5. The Balaban J connectivity index is 1.34. The van der Waals surface area contributed by atoms with Gasteiger partial charge in [0.2, 0.25) is 0 Å². The second kappa shape index (κ2) is 11.2. The van der Waals surface area contributed by atoms with E-state index in [2.05, 4.69) is 140 Å². The third-order valence-electron chi connectivity index (χ3n) is 8.90. The van der Waals surface area contributed by atoms with Gasteiger partial charge in [-0.25, -0.2) is 9.98 Å². The summed E-state index contributed by atoms with van der Waals surface area (Å²) in [4.78, 5) is 10.8. The molecule has 0 fully saturated rings. The molecule has 2 heterocycles. The highest BCUT2D eigenvalue weighted by atomic mass is 16.3. The van der Waals surface area contributed by atoms with E-state index >= 15 is 0 Å². The second-order valence-electron chi connectivity index (χ2n) is 11.8. The first-order chi connectivity index (χ1) is 23.3. The number of benzene rings is 7. The zero-order valence-electron chi connectivity index (χ0n) is 25.5. The number of amidine groups is 1. The molecule has 0 atom stereocenters. The molecule has 0 saturated heterocycles. The molecular formula is C44H28N2O. The predicted octanol–water partition coefficient (Wildman–Crippen LogP) is 11.4. The highest BCUT2D eigenvalue weighted by molar-refractivity contribution is 6.25. The van der Waals surface area contributed by atoms with E-state index in [1.165, 1.54) is 16.2 Å². The minimum atomic E-state index is 0.631. The van der Waals surface area contributed by atoms with Gasteiger partial charge in [-0.2, -0.15) is 0 Å². The Morgan fingerprint density at radius 1 is 0.447 bits per heavy atom. The minimum absolute atomic E-state index is 0.631. The van der Waals surface area contributed by atoms with Crippen molar-refractivity contribution in [2.24, 2.45) is 9.98 Å². The van der Waals surface area contributed by atoms with Crippen molar-refractivity contribution in [2.45, 2.75) is 0 Å². The van der Waals surface area contributed by atoms with Crippen LogP contribution in [0.25, 0.3) is 60.3 Å². The normalized spacial score (nSPS) is 17.4. The van der Waals surface area contributed by atoms with Crippen molar-refractivity contribution in [2.75, 3.05) is 0 Å². The highest BCUT2D eigenvalue weighted by Crippen LogP contribution is 2.38. The first-order valence-corrected chi connectivity index (χ1v) is 15.8. The third-order valence-corrected chi connectivity index (χ3v) is 8.90. The fraction of sp³-hybridized carbons (Fsp3) is 0. The molecular weight excluding hydrogens is 572 g/mol. The molecule has 0 saturated carbocycles. The highest BCUT2D eigenvalue weighted by Gasteiger charge is 2.20. The number of allylic oxidation sites excluding steroid dienone is 3. The average Bonchev–Trinajstić information content (AvgIpc) is 3.50. The summed E-state index contributed by atoms with van der Waals surface area (Å²) in [5.41, 5.74) is 8.49. The van der Waals surface area contributed by atoms with Crippen molar-refractivity contribution < 1.29 is 4.42 Å². The Morgan fingerprint density at radius 2 is 1.19 bits per heavy atom. The van der Waals surface area contributed by atoms with Crippen molar-refractivity contribution in [1.82, 2.24) is 0 Å². The van der Waals surface area contributed by atoms with Crippen molar-refractivity contribution in [3.63, 3.8) is 0 Å². The second-order valence-corrected chi connectivity index (χ2v) is 11.8. The smallest absolute Gasteiger partial charge is 0.161 e. The van der Waals surface area contributed by atoms with Crippen molar-refractivity contribution in [1.29, 1.82) is 0 Å². The van der Waals surface area contributed by atoms with E-state index in [4.69, 9.17) is 14.4 Å². The lowest BCUT2D eigenvalue weighted by Gasteiger charge is -2.14. The van der Waals surface area contributed by atoms with Crippen LogP contribution in [0.1, 0.15) is 16.7 Å². The van der Waals surface area contributed by atoms with Gasteiger partial charge in [-0.15, -0.1) is 0 Å².